The quantitative estimate of drug-likeness (QED) is 0.733. The van der Waals surface area contributed by atoms with Crippen LogP contribution in [0, 0.1) is 19.7 Å². The predicted molar refractivity (Wildman–Crippen MR) is 97.8 cm³/mol. The number of carbonyl (C=O) groups excluding carboxylic acids is 2. The average molecular weight is 382 g/mol. The molecule has 0 spiro atoms. The van der Waals surface area contributed by atoms with E-state index in [0.29, 0.717) is 30.3 Å². The Morgan fingerprint density at radius 1 is 1.29 bits per heavy atom. The number of amides is 2. The van der Waals surface area contributed by atoms with Crippen molar-refractivity contribution in [3.8, 4) is 0 Å². The molecule has 28 heavy (non-hydrogen) atoms. The molecule has 1 aromatic carbocycles. The molecule has 2 aromatic heterocycles. The molecule has 0 bridgehead atoms. The predicted octanol–water partition coefficient (Wildman–Crippen LogP) is 1.12. The average Bonchev–Trinajstić information content (AvgIpc) is 3.04. The van der Waals surface area contributed by atoms with Crippen LogP contribution in [0.2, 0.25) is 0 Å². The maximum atomic E-state index is 13.6. The van der Waals surface area contributed by atoms with Gasteiger partial charge in [0, 0.05) is 24.5 Å². The molecule has 0 aliphatic carbocycles. The minimum atomic E-state index is -0.879. The third-order valence-electron chi connectivity index (χ3n) is 4.67. The summed E-state index contributed by atoms with van der Waals surface area (Å²) in [4.78, 5) is 35.5. The lowest BCUT2D eigenvalue weighted by Gasteiger charge is -2.35. The van der Waals surface area contributed by atoms with Crippen molar-refractivity contribution in [2.75, 3.05) is 13.1 Å². The third kappa shape index (κ3) is 3.30. The van der Waals surface area contributed by atoms with E-state index in [2.05, 4.69) is 20.4 Å². The van der Waals surface area contributed by atoms with Crippen LogP contribution in [-0.4, -0.2) is 49.4 Å². The molecule has 144 valence electrons. The van der Waals surface area contributed by atoms with Crippen LogP contribution >= 0.6 is 0 Å². The highest BCUT2D eigenvalue weighted by molar-refractivity contribution is 5.90. The molecule has 1 fully saturated rings. The van der Waals surface area contributed by atoms with Gasteiger partial charge in [-0.05, 0) is 37.6 Å². The lowest BCUT2D eigenvalue weighted by atomic mass is 10.0. The highest BCUT2D eigenvalue weighted by Crippen LogP contribution is 2.24. The number of carbonyl (C=O) groups is 2. The number of aryl methyl sites for hydroxylation is 2. The fraction of sp³-hybridized carbons (Fsp3) is 0.316. The van der Waals surface area contributed by atoms with Crippen molar-refractivity contribution < 1.29 is 14.0 Å². The van der Waals surface area contributed by atoms with Crippen LogP contribution in [0.5, 0.6) is 0 Å². The number of hydrogen-bond acceptors (Lipinski definition) is 5. The van der Waals surface area contributed by atoms with Crippen molar-refractivity contribution in [1.82, 2.24) is 29.8 Å². The second kappa shape index (κ2) is 6.99. The van der Waals surface area contributed by atoms with Crippen LogP contribution in [0.25, 0.3) is 5.78 Å². The second-order valence-electron chi connectivity index (χ2n) is 6.79. The fourth-order valence-corrected chi connectivity index (χ4v) is 3.46. The van der Waals surface area contributed by atoms with Crippen molar-refractivity contribution in [1.29, 1.82) is 0 Å². The summed E-state index contributed by atoms with van der Waals surface area (Å²) in [5.41, 5.74) is 2.11. The van der Waals surface area contributed by atoms with Crippen LogP contribution in [0.1, 0.15) is 28.8 Å². The molecule has 2 amide bonds. The summed E-state index contributed by atoms with van der Waals surface area (Å²) in [6.07, 6.45) is -0.0685. The van der Waals surface area contributed by atoms with E-state index in [1.807, 2.05) is 19.9 Å². The molecular weight excluding hydrogens is 363 g/mol. The largest absolute Gasteiger partial charge is 0.352 e. The number of nitrogens with zero attached hydrogens (tertiary/aromatic N) is 5. The van der Waals surface area contributed by atoms with Crippen LogP contribution in [0.3, 0.4) is 0 Å². The van der Waals surface area contributed by atoms with Crippen molar-refractivity contribution in [3.05, 3.63) is 58.9 Å². The number of rotatable bonds is 3. The Morgan fingerprint density at radius 2 is 2.11 bits per heavy atom. The van der Waals surface area contributed by atoms with E-state index in [-0.39, 0.29) is 18.2 Å². The molecule has 0 unspecified atom stereocenters. The number of benzene rings is 1. The SMILES string of the molecule is Cc1cc(C)n2nc(CC(=O)N3CCNC(=O)[C@@H]3c3cccc(F)c3)nc2n1. The van der Waals surface area contributed by atoms with Gasteiger partial charge in [0.25, 0.3) is 5.78 Å². The van der Waals surface area contributed by atoms with Gasteiger partial charge < -0.3 is 10.2 Å². The monoisotopic (exact) mass is 382 g/mol. The number of hydrogen-bond donors (Lipinski definition) is 1. The fourth-order valence-electron chi connectivity index (χ4n) is 3.46. The topological polar surface area (TPSA) is 92.5 Å². The summed E-state index contributed by atoms with van der Waals surface area (Å²) in [5, 5.41) is 7.09. The molecule has 8 nitrogen and oxygen atoms in total. The number of nitrogens with one attached hydrogen (secondary N) is 1. The minimum absolute atomic E-state index is 0.0685. The van der Waals surface area contributed by atoms with Crippen LogP contribution in [0.15, 0.2) is 30.3 Å². The van der Waals surface area contributed by atoms with Crippen molar-refractivity contribution >= 4 is 17.6 Å². The lowest BCUT2D eigenvalue weighted by Crippen LogP contribution is -2.52. The van der Waals surface area contributed by atoms with Gasteiger partial charge in [-0.2, -0.15) is 4.98 Å². The van der Waals surface area contributed by atoms with E-state index in [1.165, 1.54) is 23.1 Å². The van der Waals surface area contributed by atoms with Gasteiger partial charge in [-0.15, -0.1) is 5.10 Å². The summed E-state index contributed by atoms with van der Waals surface area (Å²) in [6.45, 7) is 4.42. The van der Waals surface area contributed by atoms with E-state index in [9.17, 15) is 14.0 Å². The van der Waals surface area contributed by atoms with Crippen molar-refractivity contribution in [3.63, 3.8) is 0 Å². The van der Waals surface area contributed by atoms with Gasteiger partial charge in [0.2, 0.25) is 11.8 Å². The molecule has 3 heterocycles. The minimum Gasteiger partial charge on any atom is -0.352 e. The number of fused-ring (bicyclic) bond motifs is 1. The van der Waals surface area contributed by atoms with E-state index in [1.54, 1.807) is 10.6 Å². The number of piperazine rings is 1. The highest BCUT2D eigenvalue weighted by atomic mass is 19.1. The molecule has 1 aliphatic rings. The van der Waals surface area contributed by atoms with Crippen LogP contribution in [-0.2, 0) is 16.0 Å². The number of aromatic nitrogens is 4. The molecule has 4 rings (SSSR count). The molecule has 1 saturated heterocycles. The van der Waals surface area contributed by atoms with Crippen molar-refractivity contribution in [2.45, 2.75) is 26.3 Å². The van der Waals surface area contributed by atoms with Gasteiger partial charge in [0.15, 0.2) is 5.82 Å². The Kier molecular flexibility index (Phi) is 4.50. The standard InChI is InChI=1S/C19H19FN6O2/c1-11-8-12(2)26-19(22-11)23-15(24-26)10-16(27)25-7-6-21-18(28)17(25)13-4-3-5-14(20)9-13/h3-5,8-9,17H,6-7,10H2,1-2H3,(H,21,28)/t17-/m0/s1. The molecule has 1 N–H and O–H groups in total. The summed E-state index contributed by atoms with van der Waals surface area (Å²) in [7, 11) is 0. The zero-order valence-corrected chi connectivity index (χ0v) is 15.5. The normalized spacial score (nSPS) is 17.0. The van der Waals surface area contributed by atoms with Gasteiger partial charge >= 0.3 is 0 Å². The zero-order chi connectivity index (χ0) is 19.8. The molecule has 3 aromatic rings. The van der Waals surface area contributed by atoms with Crippen LogP contribution in [0.4, 0.5) is 4.39 Å². The lowest BCUT2D eigenvalue weighted by molar-refractivity contribution is -0.143. The molecular formula is C19H19FN6O2. The van der Waals surface area contributed by atoms with E-state index in [0.717, 1.165) is 11.4 Å². The van der Waals surface area contributed by atoms with E-state index in [4.69, 9.17) is 0 Å². The van der Waals surface area contributed by atoms with Gasteiger partial charge in [-0.1, -0.05) is 12.1 Å². The first kappa shape index (κ1) is 18.0. The first-order valence-electron chi connectivity index (χ1n) is 8.95. The van der Waals surface area contributed by atoms with Crippen LogP contribution < -0.4 is 5.32 Å². The Bertz CT molecular complexity index is 1080. The maximum Gasteiger partial charge on any atom is 0.252 e. The number of halogens is 1. The molecule has 0 radical (unpaired) electrons. The van der Waals surface area contributed by atoms with Gasteiger partial charge in [0.05, 0.1) is 6.42 Å². The molecule has 0 saturated carbocycles. The highest BCUT2D eigenvalue weighted by Gasteiger charge is 2.34. The molecule has 9 heteroatoms. The first-order chi connectivity index (χ1) is 13.4. The van der Waals surface area contributed by atoms with Gasteiger partial charge in [-0.25, -0.2) is 13.9 Å². The summed E-state index contributed by atoms with van der Waals surface area (Å²) in [5.74, 6) is -0.327. The summed E-state index contributed by atoms with van der Waals surface area (Å²) in [6, 6.07) is 6.73. The molecule has 1 aliphatic heterocycles. The Hall–Kier alpha value is -3.36. The zero-order valence-electron chi connectivity index (χ0n) is 15.5. The smallest absolute Gasteiger partial charge is 0.252 e. The van der Waals surface area contributed by atoms with Crippen molar-refractivity contribution in [2.24, 2.45) is 0 Å². The maximum absolute atomic E-state index is 13.6. The van der Waals surface area contributed by atoms with E-state index >= 15 is 0 Å². The van der Waals surface area contributed by atoms with Gasteiger partial charge in [-0.3, -0.25) is 9.59 Å². The Balaban J connectivity index is 1.62. The van der Waals surface area contributed by atoms with Gasteiger partial charge in [0.1, 0.15) is 11.9 Å². The molecule has 1 atom stereocenters. The third-order valence-corrected chi connectivity index (χ3v) is 4.67. The van der Waals surface area contributed by atoms with E-state index < -0.39 is 11.9 Å². The Morgan fingerprint density at radius 3 is 2.89 bits per heavy atom. The Labute approximate surface area is 160 Å². The summed E-state index contributed by atoms with van der Waals surface area (Å²) < 4.78 is 15.2. The second-order valence-corrected chi connectivity index (χ2v) is 6.79. The first-order valence-corrected chi connectivity index (χ1v) is 8.95. The summed E-state index contributed by atoms with van der Waals surface area (Å²) >= 11 is 0.